The number of aromatic nitrogens is 1. The SMILES string of the molecule is Cc1cc(C(=O)O)ccc1NC(=O)c1ccc(Br)nc1. The van der Waals surface area contributed by atoms with Crippen molar-refractivity contribution in [1.82, 2.24) is 4.98 Å². The standard InChI is InChI=1S/C14H11BrN2O3/c1-8-6-9(14(19)20)2-4-11(8)17-13(18)10-3-5-12(15)16-7-10/h2-7H,1H3,(H,17,18)(H,19,20). The first-order valence-corrected chi connectivity index (χ1v) is 6.53. The molecule has 0 bridgehead atoms. The van der Waals surface area contributed by atoms with E-state index in [4.69, 9.17) is 5.11 Å². The summed E-state index contributed by atoms with van der Waals surface area (Å²) < 4.78 is 0.649. The van der Waals surface area contributed by atoms with Crippen LogP contribution in [-0.2, 0) is 0 Å². The quantitative estimate of drug-likeness (QED) is 0.845. The van der Waals surface area contributed by atoms with E-state index in [2.05, 4.69) is 26.2 Å². The number of carbonyl (C=O) groups is 2. The maximum absolute atomic E-state index is 12.0. The van der Waals surface area contributed by atoms with Gasteiger partial charge in [0.15, 0.2) is 0 Å². The highest BCUT2D eigenvalue weighted by Gasteiger charge is 2.10. The molecule has 2 aromatic rings. The van der Waals surface area contributed by atoms with Crippen LogP contribution in [0.3, 0.4) is 0 Å². The van der Waals surface area contributed by atoms with Crippen molar-refractivity contribution in [2.45, 2.75) is 6.92 Å². The summed E-state index contributed by atoms with van der Waals surface area (Å²) in [6, 6.07) is 7.86. The first kappa shape index (κ1) is 14.2. The molecule has 5 nitrogen and oxygen atoms in total. The van der Waals surface area contributed by atoms with Crippen LogP contribution >= 0.6 is 15.9 Å². The highest BCUT2D eigenvalue weighted by molar-refractivity contribution is 9.10. The van der Waals surface area contributed by atoms with Crippen molar-refractivity contribution in [3.63, 3.8) is 0 Å². The number of anilines is 1. The average Bonchev–Trinajstić information content (AvgIpc) is 2.41. The smallest absolute Gasteiger partial charge is 0.335 e. The number of hydrogen-bond donors (Lipinski definition) is 2. The molecule has 0 fully saturated rings. The Balaban J connectivity index is 2.19. The molecule has 2 rings (SSSR count). The van der Waals surface area contributed by atoms with Gasteiger partial charge < -0.3 is 10.4 Å². The third-order valence-corrected chi connectivity index (χ3v) is 3.18. The van der Waals surface area contributed by atoms with Crippen LogP contribution in [0.1, 0.15) is 26.3 Å². The molecule has 1 aromatic heterocycles. The van der Waals surface area contributed by atoms with Crippen molar-refractivity contribution < 1.29 is 14.7 Å². The highest BCUT2D eigenvalue weighted by Crippen LogP contribution is 2.18. The fourth-order valence-corrected chi connectivity index (χ4v) is 1.88. The molecular weight excluding hydrogens is 324 g/mol. The van der Waals surface area contributed by atoms with E-state index < -0.39 is 5.97 Å². The van der Waals surface area contributed by atoms with Crippen LogP contribution in [0.2, 0.25) is 0 Å². The Morgan fingerprint density at radius 3 is 2.45 bits per heavy atom. The molecule has 1 amide bonds. The van der Waals surface area contributed by atoms with Crippen LogP contribution in [-0.4, -0.2) is 22.0 Å². The Hall–Kier alpha value is -2.21. The largest absolute Gasteiger partial charge is 0.478 e. The van der Waals surface area contributed by atoms with Gasteiger partial charge in [0.25, 0.3) is 5.91 Å². The van der Waals surface area contributed by atoms with E-state index in [1.54, 1.807) is 25.1 Å². The van der Waals surface area contributed by atoms with Gasteiger partial charge in [-0.05, 0) is 58.7 Å². The average molecular weight is 335 g/mol. The number of nitrogens with one attached hydrogen (secondary N) is 1. The molecule has 1 aromatic carbocycles. The van der Waals surface area contributed by atoms with E-state index in [9.17, 15) is 9.59 Å². The Bertz CT molecular complexity index is 669. The predicted molar refractivity (Wildman–Crippen MR) is 78.0 cm³/mol. The second-order valence-electron chi connectivity index (χ2n) is 4.16. The zero-order chi connectivity index (χ0) is 14.7. The van der Waals surface area contributed by atoms with Gasteiger partial charge in [-0.2, -0.15) is 0 Å². The van der Waals surface area contributed by atoms with Gasteiger partial charge in [-0.3, -0.25) is 4.79 Å². The Morgan fingerprint density at radius 1 is 1.20 bits per heavy atom. The van der Waals surface area contributed by atoms with E-state index in [1.165, 1.54) is 18.3 Å². The lowest BCUT2D eigenvalue weighted by Crippen LogP contribution is -2.13. The number of carboxylic acids is 1. The maximum Gasteiger partial charge on any atom is 0.335 e. The molecule has 0 aliphatic heterocycles. The molecule has 2 N–H and O–H groups in total. The van der Waals surface area contributed by atoms with Gasteiger partial charge >= 0.3 is 5.97 Å². The summed E-state index contributed by atoms with van der Waals surface area (Å²) >= 11 is 3.20. The summed E-state index contributed by atoms with van der Waals surface area (Å²) in [5, 5.41) is 11.6. The molecule has 0 saturated heterocycles. The lowest BCUT2D eigenvalue weighted by atomic mass is 10.1. The number of rotatable bonds is 3. The predicted octanol–water partition coefficient (Wildman–Crippen LogP) is 3.10. The highest BCUT2D eigenvalue weighted by atomic mass is 79.9. The molecule has 6 heteroatoms. The van der Waals surface area contributed by atoms with Crippen LogP contribution in [0.15, 0.2) is 41.1 Å². The van der Waals surface area contributed by atoms with Gasteiger partial charge in [-0.25, -0.2) is 9.78 Å². The molecule has 0 aliphatic rings. The number of halogens is 1. The van der Waals surface area contributed by atoms with E-state index in [1.807, 2.05) is 0 Å². The van der Waals surface area contributed by atoms with E-state index in [0.29, 0.717) is 21.4 Å². The third kappa shape index (κ3) is 3.21. The number of amides is 1. The minimum atomic E-state index is -0.997. The minimum Gasteiger partial charge on any atom is -0.478 e. The number of carbonyl (C=O) groups excluding carboxylic acids is 1. The molecule has 0 unspecified atom stereocenters. The molecule has 20 heavy (non-hydrogen) atoms. The second-order valence-corrected chi connectivity index (χ2v) is 4.97. The van der Waals surface area contributed by atoms with Crippen LogP contribution in [0.5, 0.6) is 0 Å². The topological polar surface area (TPSA) is 79.3 Å². The number of aryl methyl sites for hydroxylation is 1. The van der Waals surface area contributed by atoms with Gasteiger partial charge in [0, 0.05) is 11.9 Å². The molecule has 0 spiro atoms. The number of carboxylic acid groups (broad SMARTS) is 1. The van der Waals surface area contributed by atoms with Crippen molar-refractivity contribution in [1.29, 1.82) is 0 Å². The normalized spacial score (nSPS) is 10.1. The van der Waals surface area contributed by atoms with Crippen molar-refractivity contribution in [2.75, 3.05) is 5.32 Å². The van der Waals surface area contributed by atoms with Gasteiger partial charge in [0.1, 0.15) is 4.60 Å². The number of pyridine rings is 1. The number of nitrogens with zero attached hydrogens (tertiary/aromatic N) is 1. The summed E-state index contributed by atoms with van der Waals surface area (Å²) in [7, 11) is 0. The molecular formula is C14H11BrN2O3. The number of aromatic carboxylic acids is 1. The van der Waals surface area contributed by atoms with Crippen molar-refractivity contribution in [3.05, 3.63) is 57.8 Å². The van der Waals surface area contributed by atoms with Crippen molar-refractivity contribution in [2.24, 2.45) is 0 Å². The van der Waals surface area contributed by atoms with Crippen LogP contribution in [0, 0.1) is 6.92 Å². The number of hydrogen-bond acceptors (Lipinski definition) is 3. The summed E-state index contributed by atoms with van der Waals surface area (Å²) in [5.41, 5.74) is 1.87. The van der Waals surface area contributed by atoms with Gasteiger partial charge in [0.05, 0.1) is 11.1 Å². The van der Waals surface area contributed by atoms with Crippen LogP contribution in [0.25, 0.3) is 0 Å². The fraction of sp³-hybridized carbons (Fsp3) is 0.0714. The first-order valence-electron chi connectivity index (χ1n) is 5.74. The third-order valence-electron chi connectivity index (χ3n) is 2.71. The lowest BCUT2D eigenvalue weighted by molar-refractivity contribution is 0.0696. The molecule has 0 atom stereocenters. The monoisotopic (exact) mass is 334 g/mol. The van der Waals surface area contributed by atoms with Gasteiger partial charge in [0.2, 0.25) is 0 Å². The molecule has 102 valence electrons. The Morgan fingerprint density at radius 2 is 1.90 bits per heavy atom. The molecule has 0 radical (unpaired) electrons. The van der Waals surface area contributed by atoms with Crippen LogP contribution in [0.4, 0.5) is 5.69 Å². The summed E-state index contributed by atoms with van der Waals surface area (Å²) in [4.78, 5) is 26.8. The lowest BCUT2D eigenvalue weighted by Gasteiger charge is -2.09. The molecule has 0 saturated carbocycles. The van der Waals surface area contributed by atoms with Gasteiger partial charge in [-0.1, -0.05) is 0 Å². The first-order chi connectivity index (χ1) is 9.47. The molecule has 1 heterocycles. The maximum atomic E-state index is 12.0. The van der Waals surface area contributed by atoms with Crippen molar-refractivity contribution >= 4 is 33.5 Å². The van der Waals surface area contributed by atoms with E-state index in [-0.39, 0.29) is 11.5 Å². The minimum absolute atomic E-state index is 0.186. The van der Waals surface area contributed by atoms with Gasteiger partial charge in [-0.15, -0.1) is 0 Å². The van der Waals surface area contributed by atoms with E-state index in [0.717, 1.165) is 0 Å². The molecule has 0 aliphatic carbocycles. The Kier molecular flexibility index (Phi) is 4.14. The zero-order valence-corrected chi connectivity index (χ0v) is 12.1. The summed E-state index contributed by atoms with van der Waals surface area (Å²) in [6.45, 7) is 1.74. The fourth-order valence-electron chi connectivity index (χ4n) is 1.64. The van der Waals surface area contributed by atoms with Crippen LogP contribution < -0.4 is 5.32 Å². The van der Waals surface area contributed by atoms with Crippen molar-refractivity contribution in [3.8, 4) is 0 Å². The summed E-state index contributed by atoms with van der Waals surface area (Å²) in [6.07, 6.45) is 1.46. The summed E-state index contributed by atoms with van der Waals surface area (Å²) in [5.74, 6) is -1.29. The zero-order valence-electron chi connectivity index (χ0n) is 10.6. The Labute approximate surface area is 123 Å². The number of benzene rings is 1. The van der Waals surface area contributed by atoms with E-state index >= 15 is 0 Å². The second kappa shape index (κ2) is 5.83.